The first kappa shape index (κ1) is 15.8. The number of aryl methyl sites for hydroxylation is 1. The molecule has 6 heteroatoms. The maximum atomic E-state index is 12.6. The second-order valence-electron chi connectivity index (χ2n) is 6.17. The maximum Gasteiger partial charge on any atom is 0.231 e. The highest BCUT2D eigenvalue weighted by molar-refractivity contribution is 7.22. The van der Waals surface area contributed by atoms with Crippen LogP contribution in [0.3, 0.4) is 0 Å². The van der Waals surface area contributed by atoms with Crippen LogP contribution in [0.2, 0.25) is 0 Å². The third-order valence-corrected chi connectivity index (χ3v) is 5.38. The smallest absolute Gasteiger partial charge is 0.231 e. The summed E-state index contributed by atoms with van der Waals surface area (Å²) < 4.78 is 1.03. The second-order valence-corrected chi connectivity index (χ2v) is 7.20. The van der Waals surface area contributed by atoms with Gasteiger partial charge in [0.2, 0.25) is 11.8 Å². The fourth-order valence-electron chi connectivity index (χ4n) is 3.12. The van der Waals surface area contributed by atoms with Crippen LogP contribution < -0.4 is 10.2 Å². The Kier molecular flexibility index (Phi) is 3.97. The number of para-hydroxylation sites is 2. The molecule has 1 fully saturated rings. The van der Waals surface area contributed by atoms with E-state index in [1.165, 1.54) is 11.3 Å². The zero-order chi connectivity index (χ0) is 17.4. The molecule has 1 saturated heterocycles. The van der Waals surface area contributed by atoms with E-state index in [0.29, 0.717) is 11.7 Å². The summed E-state index contributed by atoms with van der Waals surface area (Å²) in [6, 6.07) is 15.5. The number of benzene rings is 2. The monoisotopic (exact) mass is 351 g/mol. The fraction of sp³-hybridized carbons (Fsp3) is 0.211. The van der Waals surface area contributed by atoms with Gasteiger partial charge in [0.15, 0.2) is 5.13 Å². The molecule has 126 valence electrons. The number of hydrogen-bond donors (Lipinski definition) is 1. The lowest BCUT2D eigenvalue weighted by Crippen LogP contribution is -2.28. The zero-order valence-electron chi connectivity index (χ0n) is 13.7. The number of amides is 2. The molecular formula is C19H17N3O2S. The van der Waals surface area contributed by atoms with Crippen molar-refractivity contribution in [1.29, 1.82) is 0 Å². The average molecular weight is 351 g/mol. The van der Waals surface area contributed by atoms with Crippen LogP contribution in [0.5, 0.6) is 0 Å². The molecule has 2 amide bonds. The summed E-state index contributed by atoms with van der Waals surface area (Å²) in [6.45, 7) is 2.37. The molecule has 0 aliphatic carbocycles. The summed E-state index contributed by atoms with van der Waals surface area (Å²) in [6.07, 6.45) is 0.227. The Morgan fingerprint density at radius 3 is 2.76 bits per heavy atom. The molecule has 4 rings (SSSR count). The third-order valence-electron chi connectivity index (χ3n) is 4.43. The molecule has 2 heterocycles. The van der Waals surface area contributed by atoms with Crippen molar-refractivity contribution in [3.63, 3.8) is 0 Å². The van der Waals surface area contributed by atoms with Crippen LogP contribution in [0.4, 0.5) is 10.8 Å². The summed E-state index contributed by atoms with van der Waals surface area (Å²) >= 11 is 1.44. The standard InChI is InChI=1S/C19H17N3O2S/c1-12-6-2-4-8-15(12)22-11-13(10-17(22)23)18(24)21-19-20-14-7-3-5-9-16(14)25-19/h2-9,13H,10-11H2,1H3,(H,20,21,24)/t13-/m1/s1. The van der Waals surface area contributed by atoms with Gasteiger partial charge in [-0.05, 0) is 30.7 Å². The maximum absolute atomic E-state index is 12.6. The molecule has 25 heavy (non-hydrogen) atoms. The van der Waals surface area contributed by atoms with Crippen molar-refractivity contribution in [1.82, 2.24) is 4.98 Å². The largest absolute Gasteiger partial charge is 0.311 e. The molecule has 1 aliphatic heterocycles. The number of fused-ring (bicyclic) bond motifs is 1. The fourth-order valence-corrected chi connectivity index (χ4v) is 3.98. The lowest BCUT2D eigenvalue weighted by Gasteiger charge is -2.18. The highest BCUT2D eigenvalue weighted by Gasteiger charge is 2.35. The first-order chi connectivity index (χ1) is 12.1. The number of nitrogens with zero attached hydrogens (tertiary/aromatic N) is 2. The first-order valence-corrected chi connectivity index (χ1v) is 8.96. The van der Waals surface area contributed by atoms with Crippen LogP contribution in [0, 0.1) is 12.8 Å². The normalized spacial score (nSPS) is 17.2. The van der Waals surface area contributed by atoms with E-state index in [0.717, 1.165) is 21.5 Å². The molecule has 1 aromatic heterocycles. The lowest BCUT2D eigenvalue weighted by molar-refractivity contribution is -0.122. The number of thiazole rings is 1. The van der Waals surface area contributed by atoms with Crippen molar-refractivity contribution in [3.05, 3.63) is 54.1 Å². The average Bonchev–Trinajstić information content (AvgIpc) is 3.18. The number of hydrogen-bond acceptors (Lipinski definition) is 4. The van der Waals surface area contributed by atoms with E-state index in [1.54, 1.807) is 4.90 Å². The molecule has 2 aromatic carbocycles. The van der Waals surface area contributed by atoms with Gasteiger partial charge in [0.25, 0.3) is 0 Å². The highest BCUT2D eigenvalue weighted by atomic mass is 32.1. The van der Waals surface area contributed by atoms with Gasteiger partial charge in [-0.3, -0.25) is 9.59 Å². The molecule has 1 N–H and O–H groups in total. The van der Waals surface area contributed by atoms with Crippen LogP contribution in [0.1, 0.15) is 12.0 Å². The van der Waals surface area contributed by atoms with Gasteiger partial charge in [-0.25, -0.2) is 4.98 Å². The molecule has 3 aromatic rings. The summed E-state index contributed by atoms with van der Waals surface area (Å²) in [5, 5.41) is 3.45. The zero-order valence-corrected chi connectivity index (χ0v) is 14.5. The Labute approximate surface area is 149 Å². The summed E-state index contributed by atoms with van der Waals surface area (Å²) in [5.41, 5.74) is 2.78. The molecule has 0 unspecified atom stereocenters. The molecule has 1 aliphatic rings. The van der Waals surface area contributed by atoms with E-state index in [-0.39, 0.29) is 24.2 Å². The van der Waals surface area contributed by atoms with Crippen molar-refractivity contribution >= 4 is 44.2 Å². The van der Waals surface area contributed by atoms with Crippen molar-refractivity contribution in [2.45, 2.75) is 13.3 Å². The number of carbonyl (C=O) groups is 2. The van der Waals surface area contributed by atoms with Crippen LogP contribution in [0.25, 0.3) is 10.2 Å². The van der Waals surface area contributed by atoms with Crippen LogP contribution >= 0.6 is 11.3 Å². The molecular weight excluding hydrogens is 334 g/mol. The Morgan fingerprint density at radius 1 is 1.20 bits per heavy atom. The van der Waals surface area contributed by atoms with E-state index in [4.69, 9.17) is 0 Å². The van der Waals surface area contributed by atoms with Gasteiger partial charge >= 0.3 is 0 Å². The second kappa shape index (κ2) is 6.29. The lowest BCUT2D eigenvalue weighted by atomic mass is 10.1. The predicted octanol–water partition coefficient (Wildman–Crippen LogP) is 3.60. The molecule has 0 saturated carbocycles. The van der Waals surface area contributed by atoms with Crippen molar-refractivity contribution in [3.8, 4) is 0 Å². The highest BCUT2D eigenvalue weighted by Crippen LogP contribution is 2.30. The minimum atomic E-state index is -0.362. The Morgan fingerprint density at radius 2 is 1.96 bits per heavy atom. The van der Waals surface area contributed by atoms with E-state index >= 15 is 0 Å². The van der Waals surface area contributed by atoms with E-state index < -0.39 is 0 Å². The number of aromatic nitrogens is 1. The van der Waals surface area contributed by atoms with Crippen molar-refractivity contribution in [2.75, 3.05) is 16.8 Å². The summed E-state index contributed by atoms with van der Waals surface area (Å²) in [5.74, 6) is -0.527. The van der Waals surface area contributed by atoms with E-state index in [1.807, 2.05) is 55.5 Å². The Balaban J connectivity index is 1.50. The van der Waals surface area contributed by atoms with E-state index in [2.05, 4.69) is 10.3 Å². The van der Waals surface area contributed by atoms with E-state index in [9.17, 15) is 9.59 Å². The van der Waals surface area contributed by atoms with Crippen molar-refractivity contribution < 1.29 is 9.59 Å². The quantitative estimate of drug-likeness (QED) is 0.784. The van der Waals surface area contributed by atoms with Crippen LogP contribution in [-0.2, 0) is 9.59 Å². The van der Waals surface area contributed by atoms with Crippen LogP contribution in [0.15, 0.2) is 48.5 Å². The molecule has 0 spiro atoms. The Bertz CT molecular complexity index is 933. The number of rotatable bonds is 3. The van der Waals surface area contributed by atoms with Gasteiger partial charge in [-0.1, -0.05) is 41.7 Å². The molecule has 0 radical (unpaired) electrons. The van der Waals surface area contributed by atoms with Gasteiger partial charge in [0.05, 0.1) is 16.1 Å². The number of carbonyl (C=O) groups excluding carboxylic acids is 2. The third kappa shape index (κ3) is 3.00. The molecule has 5 nitrogen and oxygen atoms in total. The summed E-state index contributed by atoms with van der Waals surface area (Å²) in [7, 11) is 0. The van der Waals surface area contributed by atoms with Gasteiger partial charge in [0, 0.05) is 18.7 Å². The summed E-state index contributed by atoms with van der Waals surface area (Å²) in [4.78, 5) is 31.1. The van der Waals surface area contributed by atoms with Gasteiger partial charge in [-0.2, -0.15) is 0 Å². The minimum absolute atomic E-state index is 0.0150. The topological polar surface area (TPSA) is 62.3 Å². The van der Waals surface area contributed by atoms with Gasteiger partial charge in [-0.15, -0.1) is 0 Å². The van der Waals surface area contributed by atoms with Crippen LogP contribution in [-0.4, -0.2) is 23.3 Å². The molecule has 0 bridgehead atoms. The Hall–Kier alpha value is -2.73. The number of anilines is 2. The number of nitrogens with one attached hydrogen (secondary N) is 1. The van der Waals surface area contributed by atoms with Gasteiger partial charge in [0.1, 0.15) is 0 Å². The first-order valence-electron chi connectivity index (χ1n) is 8.14. The van der Waals surface area contributed by atoms with Crippen molar-refractivity contribution in [2.24, 2.45) is 5.92 Å². The molecule has 1 atom stereocenters. The van der Waals surface area contributed by atoms with Gasteiger partial charge < -0.3 is 10.2 Å². The SMILES string of the molecule is Cc1ccccc1N1C[C@H](C(=O)Nc2nc3ccccc3s2)CC1=O. The minimum Gasteiger partial charge on any atom is -0.311 e. The predicted molar refractivity (Wildman–Crippen MR) is 99.9 cm³/mol.